The normalized spacial score (nSPS) is 18.1. The highest BCUT2D eigenvalue weighted by atomic mass is 16.6. The zero-order valence-electron chi connectivity index (χ0n) is 15.3. The molecule has 0 amide bonds. The van der Waals surface area contributed by atoms with Gasteiger partial charge in [-0.15, -0.1) is 0 Å². The second-order valence-corrected chi connectivity index (χ2v) is 7.51. The maximum Gasteiger partial charge on any atom is 0.306 e. The molecule has 0 heterocycles. The van der Waals surface area contributed by atoms with Crippen LogP contribution in [0.2, 0.25) is 0 Å². The molecule has 0 saturated heterocycles. The van der Waals surface area contributed by atoms with E-state index in [1.54, 1.807) is 0 Å². The number of nitrogens with one attached hydrogen (secondary N) is 1. The third-order valence-corrected chi connectivity index (χ3v) is 4.09. The fourth-order valence-corrected chi connectivity index (χ4v) is 2.92. The smallest absolute Gasteiger partial charge is 0.306 e. The van der Waals surface area contributed by atoms with Crippen molar-refractivity contribution in [3.05, 3.63) is 29.8 Å². The van der Waals surface area contributed by atoms with Crippen molar-refractivity contribution in [3.8, 4) is 0 Å². The summed E-state index contributed by atoms with van der Waals surface area (Å²) in [7, 11) is 0. The molecule has 0 bridgehead atoms. The molecule has 2 rings (SSSR count). The van der Waals surface area contributed by atoms with Crippen molar-refractivity contribution in [2.75, 3.05) is 11.9 Å². The lowest BCUT2D eigenvalue weighted by molar-refractivity contribution is -0.154. The molecule has 1 saturated carbocycles. The number of ether oxygens (including phenoxy) is 1. The van der Waals surface area contributed by atoms with Crippen molar-refractivity contribution >= 4 is 23.2 Å². The summed E-state index contributed by atoms with van der Waals surface area (Å²) in [4.78, 5) is 34.9. The number of rotatable bonds is 6. The molecule has 1 N–H and O–H groups in total. The van der Waals surface area contributed by atoms with Gasteiger partial charge in [0.1, 0.15) is 17.2 Å². The predicted octanol–water partition coefficient (Wildman–Crippen LogP) is 3.63. The number of anilines is 1. The van der Waals surface area contributed by atoms with Crippen molar-refractivity contribution in [2.24, 2.45) is 0 Å². The molecular weight excluding hydrogens is 318 g/mol. The molecule has 1 aliphatic rings. The first kappa shape index (κ1) is 19.2. The van der Waals surface area contributed by atoms with Gasteiger partial charge < -0.3 is 10.1 Å². The van der Waals surface area contributed by atoms with Gasteiger partial charge in [-0.1, -0.05) is 12.1 Å². The third-order valence-electron chi connectivity index (χ3n) is 4.09. The summed E-state index contributed by atoms with van der Waals surface area (Å²) in [5.74, 6) is -0.271. The molecule has 25 heavy (non-hydrogen) atoms. The molecule has 136 valence electrons. The second kappa shape index (κ2) is 8.28. The summed E-state index contributed by atoms with van der Waals surface area (Å²) in [6, 6.07) is 7.75. The number of esters is 1. The highest BCUT2D eigenvalue weighted by molar-refractivity contribution is 6.04. The van der Waals surface area contributed by atoms with Crippen LogP contribution in [0.15, 0.2) is 24.3 Å². The van der Waals surface area contributed by atoms with Gasteiger partial charge in [-0.25, -0.2) is 0 Å². The van der Waals surface area contributed by atoms with Crippen LogP contribution in [0.4, 0.5) is 5.69 Å². The van der Waals surface area contributed by atoms with E-state index in [1.807, 2.05) is 45.0 Å². The van der Waals surface area contributed by atoms with Crippen LogP contribution >= 0.6 is 0 Å². The van der Waals surface area contributed by atoms with Crippen molar-refractivity contribution in [1.82, 2.24) is 0 Å². The zero-order valence-corrected chi connectivity index (χ0v) is 15.3. The van der Waals surface area contributed by atoms with Crippen LogP contribution in [-0.2, 0) is 19.1 Å². The minimum atomic E-state index is -0.443. The molecule has 1 atom stereocenters. The molecule has 5 nitrogen and oxygen atoms in total. The molecule has 0 radical (unpaired) electrons. The SMILES string of the molecule is CC(C)(C)OC(=O)CCCNc1ccc(C2CCC(=O)CC2=O)cc1. The first-order valence-electron chi connectivity index (χ1n) is 8.85. The molecule has 1 aromatic carbocycles. The maximum atomic E-state index is 12.0. The molecule has 1 unspecified atom stereocenters. The molecule has 1 aromatic rings. The Labute approximate surface area is 149 Å². The Balaban J connectivity index is 1.76. The number of hydrogen-bond acceptors (Lipinski definition) is 5. The van der Waals surface area contributed by atoms with E-state index < -0.39 is 5.60 Å². The molecule has 0 aromatic heterocycles. The van der Waals surface area contributed by atoms with Crippen LogP contribution in [0.3, 0.4) is 0 Å². The van der Waals surface area contributed by atoms with E-state index in [0.717, 1.165) is 11.3 Å². The summed E-state index contributed by atoms with van der Waals surface area (Å²) >= 11 is 0. The first-order valence-corrected chi connectivity index (χ1v) is 8.85. The van der Waals surface area contributed by atoms with Crippen LogP contribution in [0.5, 0.6) is 0 Å². The summed E-state index contributed by atoms with van der Waals surface area (Å²) in [5.41, 5.74) is 1.48. The Morgan fingerprint density at radius 2 is 1.88 bits per heavy atom. The van der Waals surface area contributed by atoms with E-state index in [9.17, 15) is 14.4 Å². The quantitative estimate of drug-likeness (QED) is 0.484. The Bertz CT molecular complexity index is 628. The lowest BCUT2D eigenvalue weighted by Crippen LogP contribution is -2.24. The number of carbonyl (C=O) groups is 3. The Morgan fingerprint density at radius 1 is 1.20 bits per heavy atom. The molecule has 0 spiro atoms. The highest BCUT2D eigenvalue weighted by Crippen LogP contribution is 2.29. The van der Waals surface area contributed by atoms with Crippen molar-refractivity contribution in [2.45, 2.75) is 64.4 Å². The van der Waals surface area contributed by atoms with Gasteiger partial charge >= 0.3 is 5.97 Å². The average molecular weight is 345 g/mol. The van der Waals surface area contributed by atoms with E-state index in [-0.39, 0.29) is 29.9 Å². The number of benzene rings is 1. The summed E-state index contributed by atoms with van der Waals surface area (Å²) in [5, 5.41) is 3.26. The predicted molar refractivity (Wildman–Crippen MR) is 96.6 cm³/mol. The van der Waals surface area contributed by atoms with Gasteiger partial charge in [0, 0.05) is 31.0 Å². The zero-order chi connectivity index (χ0) is 18.4. The van der Waals surface area contributed by atoms with Crippen LogP contribution in [0, 0.1) is 0 Å². The molecule has 1 aliphatic carbocycles. The Morgan fingerprint density at radius 3 is 2.48 bits per heavy atom. The van der Waals surface area contributed by atoms with Gasteiger partial charge in [-0.05, 0) is 51.3 Å². The fraction of sp³-hybridized carbons (Fsp3) is 0.550. The van der Waals surface area contributed by atoms with Gasteiger partial charge in [0.25, 0.3) is 0 Å². The number of ketones is 2. The molecule has 1 fully saturated rings. The average Bonchev–Trinajstić information content (AvgIpc) is 2.51. The first-order chi connectivity index (χ1) is 11.7. The summed E-state index contributed by atoms with van der Waals surface area (Å²) < 4.78 is 5.27. The molecule has 0 aliphatic heterocycles. The largest absolute Gasteiger partial charge is 0.460 e. The van der Waals surface area contributed by atoms with Gasteiger partial charge in [0.2, 0.25) is 0 Å². The fourth-order valence-electron chi connectivity index (χ4n) is 2.92. The van der Waals surface area contributed by atoms with Crippen molar-refractivity contribution in [1.29, 1.82) is 0 Å². The van der Waals surface area contributed by atoms with E-state index >= 15 is 0 Å². The van der Waals surface area contributed by atoms with Gasteiger partial charge in [-0.2, -0.15) is 0 Å². The lowest BCUT2D eigenvalue weighted by atomic mass is 9.82. The van der Waals surface area contributed by atoms with Gasteiger partial charge in [0.15, 0.2) is 0 Å². The van der Waals surface area contributed by atoms with E-state index in [1.165, 1.54) is 0 Å². The topological polar surface area (TPSA) is 72.5 Å². The molecule has 5 heteroatoms. The van der Waals surface area contributed by atoms with Crippen LogP contribution < -0.4 is 5.32 Å². The lowest BCUT2D eigenvalue weighted by Gasteiger charge is -2.20. The summed E-state index contributed by atoms with van der Waals surface area (Å²) in [6.07, 6.45) is 2.24. The maximum absolute atomic E-state index is 12.0. The second-order valence-electron chi connectivity index (χ2n) is 7.51. The minimum Gasteiger partial charge on any atom is -0.460 e. The highest BCUT2D eigenvalue weighted by Gasteiger charge is 2.28. The Kier molecular flexibility index (Phi) is 6.34. The minimum absolute atomic E-state index is 0.0225. The van der Waals surface area contributed by atoms with Gasteiger partial charge in [-0.3, -0.25) is 14.4 Å². The third kappa shape index (κ3) is 6.33. The van der Waals surface area contributed by atoms with E-state index in [0.29, 0.717) is 32.2 Å². The number of carbonyl (C=O) groups excluding carboxylic acids is 3. The standard InChI is InChI=1S/C20H27NO4/c1-20(2,3)25-19(24)5-4-12-21-15-8-6-14(7-9-15)17-11-10-16(22)13-18(17)23/h6-9,17,21H,4-5,10-13H2,1-3H3. The van der Waals surface area contributed by atoms with Crippen molar-refractivity contribution in [3.63, 3.8) is 0 Å². The number of Topliss-reactive ketones (excluding diaryl/α,β-unsaturated/α-hetero) is 2. The van der Waals surface area contributed by atoms with Crippen LogP contribution in [0.25, 0.3) is 0 Å². The van der Waals surface area contributed by atoms with E-state index in [4.69, 9.17) is 4.74 Å². The summed E-state index contributed by atoms with van der Waals surface area (Å²) in [6.45, 7) is 6.25. The number of hydrogen-bond donors (Lipinski definition) is 1. The van der Waals surface area contributed by atoms with Crippen LogP contribution in [-0.4, -0.2) is 29.7 Å². The van der Waals surface area contributed by atoms with Crippen molar-refractivity contribution < 1.29 is 19.1 Å². The Hall–Kier alpha value is -2.17. The van der Waals surface area contributed by atoms with Gasteiger partial charge in [0.05, 0.1) is 6.42 Å². The monoisotopic (exact) mass is 345 g/mol. The van der Waals surface area contributed by atoms with E-state index in [2.05, 4.69) is 5.32 Å². The van der Waals surface area contributed by atoms with Crippen LogP contribution in [0.1, 0.15) is 64.4 Å². The molecular formula is C20H27NO4.